The van der Waals surface area contributed by atoms with Crippen molar-refractivity contribution in [1.82, 2.24) is 35.0 Å². The molecule has 1 aliphatic carbocycles. The molecule has 1 N–H and O–H groups in total. The molecule has 182 valence electrons. The van der Waals surface area contributed by atoms with E-state index < -0.39 is 0 Å². The Morgan fingerprint density at radius 3 is 2.68 bits per heavy atom. The van der Waals surface area contributed by atoms with Gasteiger partial charge in [-0.25, -0.2) is 4.68 Å². The average molecular weight is 466 g/mol. The zero-order valence-corrected chi connectivity index (χ0v) is 20.2. The summed E-state index contributed by atoms with van der Waals surface area (Å²) in [6.45, 7) is 6.89. The summed E-state index contributed by atoms with van der Waals surface area (Å²) in [5.74, 6) is 0.695. The minimum absolute atomic E-state index is 0.0858. The van der Waals surface area contributed by atoms with Crippen LogP contribution in [0.5, 0.6) is 0 Å². The van der Waals surface area contributed by atoms with E-state index in [1.807, 2.05) is 18.2 Å². The Bertz CT molecular complexity index is 1160. The highest BCUT2D eigenvalue weighted by Crippen LogP contribution is 2.30. The SMILES string of the molecule is COCCn1nnnc1[C@H](c1cc2cc(C)ccc2[nH]c1=O)N1CCN(C2CCCCC2)CC1. The van der Waals surface area contributed by atoms with Crippen molar-refractivity contribution in [2.75, 3.05) is 39.9 Å². The number of rotatable bonds is 7. The first kappa shape index (κ1) is 23.1. The molecule has 1 atom stereocenters. The Morgan fingerprint density at radius 1 is 1.12 bits per heavy atom. The molecule has 1 aromatic carbocycles. The molecule has 0 radical (unpaired) electrons. The summed E-state index contributed by atoms with van der Waals surface area (Å²) in [6, 6.07) is 8.51. The number of H-pyrrole nitrogens is 1. The molecule has 2 aliphatic rings. The number of aromatic amines is 1. The maximum atomic E-state index is 13.3. The number of fused-ring (bicyclic) bond motifs is 1. The van der Waals surface area contributed by atoms with Crippen molar-refractivity contribution in [2.45, 2.75) is 57.7 Å². The first-order chi connectivity index (χ1) is 16.6. The van der Waals surface area contributed by atoms with Crippen LogP contribution in [-0.2, 0) is 11.3 Å². The molecule has 1 saturated carbocycles. The van der Waals surface area contributed by atoms with E-state index in [0.29, 0.717) is 30.6 Å². The predicted molar refractivity (Wildman–Crippen MR) is 131 cm³/mol. The number of tetrazole rings is 1. The highest BCUT2D eigenvalue weighted by Gasteiger charge is 2.34. The monoisotopic (exact) mass is 465 g/mol. The molecule has 1 saturated heterocycles. The largest absolute Gasteiger partial charge is 0.383 e. The highest BCUT2D eigenvalue weighted by molar-refractivity contribution is 5.79. The first-order valence-electron chi connectivity index (χ1n) is 12.5. The third-order valence-corrected chi connectivity index (χ3v) is 7.44. The maximum Gasteiger partial charge on any atom is 0.253 e. The van der Waals surface area contributed by atoms with Crippen molar-refractivity contribution in [2.24, 2.45) is 0 Å². The molecule has 1 aliphatic heterocycles. The summed E-state index contributed by atoms with van der Waals surface area (Å²) < 4.78 is 7.05. The lowest BCUT2D eigenvalue weighted by atomic mass is 9.93. The molecule has 3 aromatic rings. The molecular weight excluding hydrogens is 430 g/mol. The zero-order chi connectivity index (χ0) is 23.5. The molecule has 5 rings (SSSR count). The minimum Gasteiger partial charge on any atom is -0.383 e. The van der Waals surface area contributed by atoms with Crippen molar-refractivity contribution in [1.29, 1.82) is 0 Å². The third kappa shape index (κ3) is 4.78. The van der Waals surface area contributed by atoms with E-state index in [0.717, 1.165) is 42.6 Å². The Kier molecular flexibility index (Phi) is 7.03. The van der Waals surface area contributed by atoms with Crippen molar-refractivity contribution < 1.29 is 4.74 Å². The molecule has 0 spiro atoms. The van der Waals surface area contributed by atoms with Gasteiger partial charge >= 0.3 is 0 Å². The van der Waals surface area contributed by atoms with Crippen molar-refractivity contribution >= 4 is 10.9 Å². The predicted octanol–water partition coefficient (Wildman–Crippen LogP) is 2.51. The molecule has 0 amide bonds. The van der Waals surface area contributed by atoms with Crippen LogP contribution in [-0.4, -0.2) is 80.9 Å². The van der Waals surface area contributed by atoms with E-state index in [-0.39, 0.29) is 11.6 Å². The number of aromatic nitrogens is 5. The van der Waals surface area contributed by atoms with Crippen molar-refractivity contribution in [3.05, 3.63) is 51.6 Å². The van der Waals surface area contributed by atoms with E-state index in [2.05, 4.69) is 43.3 Å². The zero-order valence-electron chi connectivity index (χ0n) is 20.2. The van der Waals surface area contributed by atoms with Crippen LogP contribution in [0.25, 0.3) is 10.9 Å². The number of aryl methyl sites for hydroxylation is 1. The van der Waals surface area contributed by atoms with Gasteiger partial charge in [0, 0.05) is 50.4 Å². The molecule has 0 bridgehead atoms. The highest BCUT2D eigenvalue weighted by atomic mass is 16.5. The standard InChI is InChI=1S/C25H35N7O2/c1-18-8-9-22-19(16-18)17-21(25(33)26-22)23(24-27-28-29-32(24)14-15-34-2)31-12-10-30(11-13-31)20-6-4-3-5-7-20/h8-9,16-17,20,23H,3-7,10-15H2,1-2H3,(H,26,33)/t23-/m0/s1. The van der Waals surface area contributed by atoms with Gasteiger partial charge in [0.05, 0.1) is 13.2 Å². The fourth-order valence-electron chi connectivity index (χ4n) is 5.60. The number of nitrogens with one attached hydrogen (secondary N) is 1. The van der Waals surface area contributed by atoms with E-state index in [1.54, 1.807) is 11.8 Å². The number of methoxy groups -OCH3 is 1. The molecule has 9 nitrogen and oxygen atoms in total. The van der Waals surface area contributed by atoms with Crippen LogP contribution in [0.3, 0.4) is 0 Å². The topological polar surface area (TPSA) is 92.2 Å². The number of benzene rings is 1. The molecule has 3 heterocycles. The second-order valence-electron chi connectivity index (χ2n) is 9.66. The lowest BCUT2D eigenvalue weighted by Crippen LogP contribution is -2.52. The quantitative estimate of drug-likeness (QED) is 0.573. The van der Waals surface area contributed by atoms with Gasteiger partial charge < -0.3 is 9.72 Å². The Balaban J connectivity index is 1.49. The van der Waals surface area contributed by atoms with Gasteiger partial charge in [0.15, 0.2) is 5.82 Å². The number of pyridine rings is 1. The van der Waals surface area contributed by atoms with Gasteiger partial charge in [-0.1, -0.05) is 30.9 Å². The normalized spacial score (nSPS) is 19.6. The van der Waals surface area contributed by atoms with Gasteiger partial charge in [0.25, 0.3) is 5.56 Å². The van der Waals surface area contributed by atoms with E-state index >= 15 is 0 Å². The van der Waals surface area contributed by atoms with Crippen LogP contribution in [0.15, 0.2) is 29.1 Å². The number of hydrogen-bond donors (Lipinski definition) is 1. The smallest absolute Gasteiger partial charge is 0.253 e. The van der Waals surface area contributed by atoms with Gasteiger partial charge in [0.1, 0.15) is 6.04 Å². The first-order valence-corrected chi connectivity index (χ1v) is 12.5. The fraction of sp³-hybridized carbons (Fsp3) is 0.600. The third-order valence-electron chi connectivity index (χ3n) is 7.44. The van der Waals surface area contributed by atoms with Gasteiger partial charge in [-0.3, -0.25) is 14.6 Å². The summed E-state index contributed by atoms with van der Waals surface area (Å²) in [4.78, 5) is 21.5. The molecule has 2 fully saturated rings. The Morgan fingerprint density at radius 2 is 1.91 bits per heavy atom. The lowest BCUT2D eigenvalue weighted by Gasteiger charge is -2.42. The number of nitrogens with zero attached hydrogens (tertiary/aromatic N) is 6. The van der Waals surface area contributed by atoms with Gasteiger partial charge in [0.2, 0.25) is 0 Å². The molecular formula is C25H35N7O2. The number of ether oxygens (including phenoxy) is 1. The fourth-order valence-corrected chi connectivity index (χ4v) is 5.60. The molecule has 0 unspecified atom stereocenters. The van der Waals surface area contributed by atoms with Crippen molar-refractivity contribution in [3.8, 4) is 0 Å². The van der Waals surface area contributed by atoms with Gasteiger partial charge in [-0.05, 0) is 53.8 Å². The second kappa shape index (κ2) is 10.3. The summed E-state index contributed by atoms with van der Waals surface area (Å²) in [6.07, 6.45) is 6.67. The number of piperazine rings is 1. The van der Waals surface area contributed by atoms with Gasteiger partial charge in [-0.2, -0.15) is 0 Å². The van der Waals surface area contributed by atoms with Crippen LogP contribution in [0.2, 0.25) is 0 Å². The molecule has 2 aromatic heterocycles. The minimum atomic E-state index is -0.311. The van der Waals surface area contributed by atoms with Crippen LogP contribution < -0.4 is 5.56 Å². The lowest BCUT2D eigenvalue weighted by molar-refractivity contribution is 0.0612. The average Bonchev–Trinajstić information content (AvgIpc) is 3.32. The summed E-state index contributed by atoms with van der Waals surface area (Å²) in [5, 5.41) is 13.6. The van der Waals surface area contributed by atoms with Crippen LogP contribution in [0.1, 0.15) is 55.1 Å². The van der Waals surface area contributed by atoms with Crippen LogP contribution >= 0.6 is 0 Å². The van der Waals surface area contributed by atoms with Crippen LogP contribution in [0.4, 0.5) is 0 Å². The van der Waals surface area contributed by atoms with Crippen LogP contribution in [0, 0.1) is 6.92 Å². The Labute approximate surface area is 200 Å². The van der Waals surface area contributed by atoms with E-state index in [9.17, 15) is 4.79 Å². The van der Waals surface area contributed by atoms with E-state index in [4.69, 9.17) is 4.74 Å². The van der Waals surface area contributed by atoms with E-state index in [1.165, 1.54) is 32.1 Å². The summed E-state index contributed by atoms with van der Waals surface area (Å²) in [5.41, 5.74) is 2.61. The number of hydrogen-bond acceptors (Lipinski definition) is 7. The maximum absolute atomic E-state index is 13.3. The Hall–Kier alpha value is -2.62. The van der Waals surface area contributed by atoms with Gasteiger partial charge in [-0.15, -0.1) is 5.10 Å². The molecule has 34 heavy (non-hydrogen) atoms. The summed E-state index contributed by atoms with van der Waals surface area (Å²) >= 11 is 0. The second-order valence-corrected chi connectivity index (χ2v) is 9.66. The van der Waals surface area contributed by atoms with Crippen molar-refractivity contribution in [3.63, 3.8) is 0 Å². The molecule has 9 heteroatoms. The summed E-state index contributed by atoms with van der Waals surface area (Å²) in [7, 11) is 1.67.